The van der Waals surface area contributed by atoms with E-state index >= 15 is 4.39 Å². The summed E-state index contributed by atoms with van der Waals surface area (Å²) in [6.07, 6.45) is 0.177. The van der Waals surface area contributed by atoms with Gasteiger partial charge in [-0.1, -0.05) is 35.3 Å². The lowest BCUT2D eigenvalue weighted by Crippen LogP contribution is -2.51. The van der Waals surface area contributed by atoms with E-state index in [0.717, 1.165) is 6.07 Å². The van der Waals surface area contributed by atoms with E-state index in [1.807, 2.05) is 11.8 Å². The lowest BCUT2D eigenvalue weighted by Gasteiger charge is -2.45. The number of nitrogens with zero attached hydrogens (tertiary/aromatic N) is 2. The average molecular weight is 549 g/mol. The van der Waals surface area contributed by atoms with Crippen molar-refractivity contribution in [2.45, 2.75) is 78.0 Å². The SMILES string of the molecule is C[C@@H]1C[C@](Cc2nc(Cl)cc(C(C)(F)F)c2F)(C(=O)OC(C)(C)C)CCN1Cc1cccc(Cl)c1F. The number of ether oxygens (including phenoxy) is 1. The fourth-order valence-electron chi connectivity index (χ4n) is 4.61. The van der Waals surface area contributed by atoms with Crippen molar-refractivity contribution in [1.82, 2.24) is 9.88 Å². The van der Waals surface area contributed by atoms with Crippen molar-refractivity contribution in [3.05, 3.63) is 62.9 Å². The molecule has 198 valence electrons. The summed E-state index contributed by atoms with van der Waals surface area (Å²) in [7, 11) is 0. The molecule has 0 saturated carbocycles. The Morgan fingerprint density at radius 1 is 1.19 bits per heavy atom. The zero-order chi connectivity index (χ0) is 27.1. The quantitative estimate of drug-likeness (QED) is 0.215. The Balaban J connectivity index is 1.96. The number of halogens is 6. The highest BCUT2D eigenvalue weighted by atomic mass is 35.5. The Hall–Kier alpha value is -1.90. The highest BCUT2D eigenvalue weighted by Gasteiger charge is 2.48. The minimum Gasteiger partial charge on any atom is -0.460 e. The van der Waals surface area contributed by atoms with Crippen LogP contribution in [0.25, 0.3) is 0 Å². The monoisotopic (exact) mass is 548 g/mol. The van der Waals surface area contributed by atoms with Gasteiger partial charge in [-0.15, -0.1) is 0 Å². The highest BCUT2D eigenvalue weighted by molar-refractivity contribution is 6.30. The first-order valence-electron chi connectivity index (χ1n) is 11.7. The molecule has 1 saturated heterocycles. The number of carbonyl (C=O) groups excluding carboxylic acids is 1. The average Bonchev–Trinajstić information content (AvgIpc) is 2.73. The van der Waals surface area contributed by atoms with Crippen molar-refractivity contribution in [3.8, 4) is 0 Å². The summed E-state index contributed by atoms with van der Waals surface area (Å²) in [6.45, 7) is 8.20. The van der Waals surface area contributed by atoms with Crippen molar-refractivity contribution < 1.29 is 27.1 Å². The Bertz CT molecular complexity index is 1130. The van der Waals surface area contributed by atoms with Crippen molar-refractivity contribution >= 4 is 29.2 Å². The topological polar surface area (TPSA) is 42.4 Å². The molecule has 1 aliphatic heterocycles. The van der Waals surface area contributed by atoms with Gasteiger partial charge >= 0.3 is 5.97 Å². The van der Waals surface area contributed by atoms with E-state index in [0.29, 0.717) is 19.0 Å². The zero-order valence-electron chi connectivity index (χ0n) is 20.9. The zero-order valence-corrected chi connectivity index (χ0v) is 22.4. The number of esters is 1. The molecule has 0 radical (unpaired) electrons. The number of piperidine rings is 1. The van der Waals surface area contributed by atoms with E-state index in [1.165, 1.54) is 6.07 Å². The van der Waals surface area contributed by atoms with Gasteiger partial charge < -0.3 is 4.74 Å². The van der Waals surface area contributed by atoms with Gasteiger partial charge in [0, 0.05) is 31.5 Å². The van der Waals surface area contributed by atoms with Crippen LogP contribution < -0.4 is 0 Å². The van der Waals surface area contributed by atoms with Gasteiger partial charge in [0.05, 0.1) is 21.7 Å². The van der Waals surface area contributed by atoms with E-state index in [1.54, 1.807) is 32.9 Å². The Labute approximate surface area is 218 Å². The van der Waals surface area contributed by atoms with Crippen LogP contribution in [0.5, 0.6) is 0 Å². The molecule has 2 atom stereocenters. The predicted molar refractivity (Wildman–Crippen MR) is 131 cm³/mol. The van der Waals surface area contributed by atoms with Crippen molar-refractivity contribution in [1.29, 1.82) is 0 Å². The fourth-order valence-corrected chi connectivity index (χ4v) is 5.01. The molecule has 1 aromatic heterocycles. The second-order valence-corrected chi connectivity index (χ2v) is 11.4. The molecule has 0 spiro atoms. The van der Waals surface area contributed by atoms with Crippen LogP contribution in [-0.4, -0.2) is 34.0 Å². The number of likely N-dealkylation sites (tertiary alicyclic amines) is 1. The maximum atomic E-state index is 15.2. The van der Waals surface area contributed by atoms with Crippen LogP contribution in [0.2, 0.25) is 10.2 Å². The first-order chi connectivity index (χ1) is 16.5. The van der Waals surface area contributed by atoms with Crippen LogP contribution in [0.4, 0.5) is 17.6 Å². The number of benzene rings is 1. The number of rotatable bonds is 6. The molecule has 10 heteroatoms. The Kier molecular flexibility index (Phi) is 8.33. The van der Waals surface area contributed by atoms with E-state index in [-0.39, 0.29) is 47.7 Å². The van der Waals surface area contributed by atoms with Gasteiger partial charge in [0.1, 0.15) is 16.6 Å². The third-order valence-corrected chi connectivity index (χ3v) is 6.88. The highest BCUT2D eigenvalue weighted by Crippen LogP contribution is 2.42. The van der Waals surface area contributed by atoms with Gasteiger partial charge in [0.25, 0.3) is 5.92 Å². The Morgan fingerprint density at radius 3 is 2.44 bits per heavy atom. The van der Waals surface area contributed by atoms with Crippen LogP contribution >= 0.6 is 23.2 Å². The predicted octanol–water partition coefficient (Wildman–Crippen LogP) is 7.33. The number of aromatic nitrogens is 1. The summed E-state index contributed by atoms with van der Waals surface area (Å²) in [5.74, 6) is -5.75. The second-order valence-electron chi connectivity index (χ2n) is 10.6. The van der Waals surface area contributed by atoms with Crippen molar-refractivity contribution in [2.24, 2.45) is 5.41 Å². The number of carbonyl (C=O) groups is 1. The van der Waals surface area contributed by atoms with Crippen LogP contribution in [0.15, 0.2) is 24.3 Å². The van der Waals surface area contributed by atoms with Gasteiger partial charge in [-0.25, -0.2) is 22.5 Å². The Morgan fingerprint density at radius 2 is 1.86 bits per heavy atom. The molecule has 1 fully saturated rings. The molecule has 0 bridgehead atoms. The third kappa shape index (κ3) is 6.50. The first-order valence-corrected chi connectivity index (χ1v) is 12.4. The minimum absolute atomic E-state index is 0.0197. The van der Waals surface area contributed by atoms with E-state index in [4.69, 9.17) is 27.9 Å². The van der Waals surface area contributed by atoms with E-state index in [9.17, 15) is 18.0 Å². The third-order valence-electron chi connectivity index (χ3n) is 6.40. The van der Waals surface area contributed by atoms with E-state index in [2.05, 4.69) is 4.98 Å². The van der Waals surface area contributed by atoms with Crippen LogP contribution in [0, 0.1) is 17.0 Å². The molecule has 3 rings (SSSR count). The minimum atomic E-state index is -3.48. The molecule has 1 aromatic carbocycles. The number of hydrogen-bond acceptors (Lipinski definition) is 4. The maximum Gasteiger partial charge on any atom is 0.313 e. The molecular formula is C26H30Cl2F4N2O2. The van der Waals surface area contributed by atoms with Gasteiger partial charge in [0.2, 0.25) is 0 Å². The number of hydrogen-bond donors (Lipinski definition) is 0. The summed E-state index contributed by atoms with van der Waals surface area (Å²) in [4.78, 5) is 19.4. The maximum absolute atomic E-state index is 15.2. The largest absolute Gasteiger partial charge is 0.460 e. The van der Waals surface area contributed by atoms with Crippen LogP contribution in [0.3, 0.4) is 0 Å². The van der Waals surface area contributed by atoms with Gasteiger partial charge in [-0.05, 0) is 59.2 Å². The number of alkyl halides is 2. The van der Waals surface area contributed by atoms with E-state index < -0.39 is 40.1 Å². The normalized spacial score (nSPS) is 21.5. The van der Waals surface area contributed by atoms with Gasteiger partial charge in [-0.3, -0.25) is 9.69 Å². The van der Waals surface area contributed by atoms with Gasteiger partial charge in [0.15, 0.2) is 5.82 Å². The molecular weight excluding hydrogens is 519 g/mol. The molecule has 0 aliphatic carbocycles. The molecule has 36 heavy (non-hydrogen) atoms. The molecule has 2 aromatic rings. The fraction of sp³-hybridized carbons (Fsp3) is 0.538. The first kappa shape index (κ1) is 28.7. The lowest BCUT2D eigenvalue weighted by molar-refractivity contribution is -0.172. The summed E-state index contributed by atoms with van der Waals surface area (Å²) in [6, 6.07) is 5.31. The summed E-state index contributed by atoms with van der Waals surface area (Å²) in [5, 5.41) is -0.268. The molecule has 4 nitrogen and oxygen atoms in total. The standard InChI is InChI=1S/C26H30Cl2F4N2O2/c1-15-12-26(23(35)36-24(2,3)4,9-10-34(15)14-16-7-6-8-18(27)21(16)29)13-19-22(30)17(25(5,31)32)11-20(28)33-19/h6-8,11,15H,9-10,12-14H2,1-5H3/t15-,26-/m1/s1. The van der Waals surface area contributed by atoms with Crippen LogP contribution in [-0.2, 0) is 28.4 Å². The molecule has 0 unspecified atom stereocenters. The summed E-state index contributed by atoms with van der Waals surface area (Å²) in [5.41, 5.74) is -2.84. The van der Waals surface area contributed by atoms with Crippen molar-refractivity contribution in [3.63, 3.8) is 0 Å². The lowest BCUT2D eigenvalue weighted by atomic mass is 9.71. The molecule has 0 amide bonds. The molecule has 0 N–H and O–H groups in total. The summed E-state index contributed by atoms with van der Waals surface area (Å²) >= 11 is 11.9. The smallest absolute Gasteiger partial charge is 0.313 e. The summed E-state index contributed by atoms with van der Waals surface area (Å²) < 4.78 is 63.5. The molecule has 1 aliphatic rings. The number of pyridine rings is 1. The van der Waals surface area contributed by atoms with Crippen molar-refractivity contribution in [2.75, 3.05) is 6.54 Å². The molecule has 2 heterocycles. The van der Waals surface area contributed by atoms with Gasteiger partial charge in [-0.2, -0.15) is 0 Å². The second kappa shape index (κ2) is 10.5. The van der Waals surface area contributed by atoms with Crippen LogP contribution in [0.1, 0.15) is 64.3 Å².